The highest BCUT2D eigenvalue weighted by molar-refractivity contribution is 9.10. The van der Waals surface area contributed by atoms with Crippen LogP contribution in [0, 0.1) is 5.92 Å². The number of benzene rings is 1. The van der Waals surface area contributed by atoms with Crippen molar-refractivity contribution in [2.24, 2.45) is 11.7 Å². The summed E-state index contributed by atoms with van der Waals surface area (Å²) in [6.07, 6.45) is 2.64. The molecule has 1 aliphatic carbocycles. The molecule has 0 radical (unpaired) electrons. The summed E-state index contributed by atoms with van der Waals surface area (Å²) in [4.78, 5) is 2.32. The number of nitrogens with zero attached hydrogens (tertiary/aromatic N) is 1. The van der Waals surface area contributed by atoms with Crippen molar-refractivity contribution in [1.82, 2.24) is 4.90 Å². The lowest BCUT2D eigenvalue weighted by Gasteiger charge is -2.27. The molecular weight excluding hydrogens is 335 g/mol. The minimum absolute atomic E-state index is 0. The van der Waals surface area contributed by atoms with Crippen molar-refractivity contribution in [1.29, 1.82) is 0 Å². The first-order chi connectivity index (χ1) is 8.11. The number of likely N-dealkylation sites (N-methyl/N-ethyl adjacent to an activating group) is 1. The van der Waals surface area contributed by atoms with Crippen molar-refractivity contribution >= 4 is 39.9 Å². The maximum atomic E-state index is 6.20. The maximum absolute atomic E-state index is 6.20. The first-order valence-corrected chi connectivity index (χ1v) is 7.13. The van der Waals surface area contributed by atoms with Crippen molar-refractivity contribution in [3.05, 3.63) is 33.3 Å². The predicted molar refractivity (Wildman–Crippen MR) is 83.4 cm³/mol. The maximum Gasteiger partial charge on any atom is 0.0451 e. The fraction of sp³-hybridized carbons (Fsp3) is 0.538. The fourth-order valence-electron chi connectivity index (χ4n) is 2.26. The number of halogens is 3. The van der Waals surface area contributed by atoms with Crippen LogP contribution >= 0.6 is 39.9 Å². The van der Waals surface area contributed by atoms with Crippen LogP contribution in [-0.2, 0) is 6.54 Å². The highest BCUT2D eigenvalue weighted by Gasteiger charge is 2.32. The molecule has 0 bridgehead atoms. The van der Waals surface area contributed by atoms with Crippen LogP contribution in [0.4, 0.5) is 0 Å². The summed E-state index contributed by atoms with van der Waals surface area (Å²) in [6.45, 7) is 1.59. The second-order valence-electron chi connectivity index (χ2n) is 4.79. The van der Waals surface area contributed by atoms with E-state index in [0.717, 1.165) is 34.1 Å². The first-order valence-electron chi connectivity index (χ1n) is 5.96. The van der Waals surface area contributed by atoms with Crippen LogP contribution in [0.3, 0.4) is 0 Å². The molecule has 2 rings (SSSR count). The topological polar surface area (TPSA) is 29.3 Å². The van der Waals surface area contributed by atoms with Gasteiger partial charge in [-0.2, -0.15) is 0 Å². The molecule has 1 unspecified atom stereocenters. The van der Waals surface area contributed by atoms with Gasteiger partial charge in [-0.1, -0.05) is 27.5 Å². The molecular formula is C13H19BrCl2N2. The van der Waals surface area contributed by atoms with E-state index in [0.29, 0.717) is 6.04 Å². The minimum atomic E-state index is 0. The van der Waals surface area contributed by atoms with Gasteiger partial charge in [0.25, 0.3) is 0 Å². The molecule has 18 heavy (non-hydrogen) atoms. The molecule has 5 heteroatoms. The van der Waals surface area contributed by atoms with Gasteiger partial charge in [-0.25, -0.2) is 0 Å². The van der Waals surface area contributed by atoms with Gasteiger partial charge in [0.05, 0.1) is 0 Å². The molecule has 102 valence electrons. The molecule has 0 aromatic heterocycles. The van der Waals surface area contributed by atoms with Crippen molar-refractivity contribution in [3.63, 3.8) is 0 Å². The Morgan fingerprint density at radius 1 is 1.50 bits per heavy atom. The number of hydrogen-bond acceptors (Lipinski definition) is 2. The zero-order valence-electron chi connectivity index (χ0n) is 10.4. The van der Waals surface area contributed by atoms with Gasteiger partial charge in [0, 0.05) is 28.6 Å². The van der Waals surface area contributed by atoms with E-state index in [1.165, 1.54) is 12.8 Å². The van der Waals surface area contributed by atoms with E-state index < -0.39 is 0 Å². The summed E-state index contributed by atoms with van der Waals surface area (Å²) < 4.78 is 1.07. The van der Waals surface area contributed by atoms with Crippen LogP contribution in [0.25, 0.3) is 0 Å². The quantitative estimate of drug-likeness (QED) is 0.874. The Kier molecular flexibility index (Phi) is 6.42. The van der Waals surface area contributed by atoms with E-state index in [1.54, 1.807) is 0 Å². The molecule has 0 spiro atoms. The van der Waals surface area contributed by atoms with E-state index in [1.807, 2.05) is 12.1 Å². The molecule has 0 amide bonds. The van der Waals surface area contributed by atoms with E-state index in [9.17, 15) is 0 Å². The summed E-state index contributed by atoms with van der Waals surface area (Å²) in [5.74, 6) is 0.788. The highest BCUT2D eigenvalue weighted by atomic mass is 79.9. The third kappa shape index (κ3) is 4.10. The van der Waals surface area contributed by atoms with Crippen molar-refractivity contribution < 1.29 is 0 Å². The van der Waals surface area contributed by atoms with E-state index in [4.69, 9.17) is 17.3 Å². The summed E-state index contributed by atoms with van der Waals surface area (Å²) in [6, 6.07) is 6.47. The van der Waals surface area contributed by atoms with Crippen LogP contribution in [0.5, 0.6) is 0 Å². The van der Waals surface area contributed by atoms with Crippen molar-refractivity contribution in [2.75, 3.05) is 13.6 Å². The van der Waals surface area contributed by atoms with Crippen molar-refractivity contribution in [2.45, 2.75) is 25.4 Å². The fourth-order valence-corrected chi connectivity index (χ4v) is 2.85. The van der Waals surface area contributed by atoms with Gasteiger partial charge in [-0.05, 0) is 49.6 Å². The Morgan fingerprint density at radius 2 is 2.17 bits per heavy atom. The SMILES string of the molecule is CN(Cc1cc(Br)ccc1Cl)C(CN)C1CC1.Cl. The average molecular weight is 354 g/mol. The van der Waals surface area contributed by atoms with Gasteiger partial charge < -0.3 is 5.73 Å². The summed E-state index contributed by atoms with van der Waals surface area (Å²) in [5.41, 5.74) is 7.01. The van der Waals surface area contributed by atoms with E-state index >= 15 is 0 Å². The van der Waals surface area contributed by atoms with Crippen LogP contribution in [0.1, 0.15) is 18.4 Å². The predicted octanol–water partition coefficient (Wildman–Crippen LogP) is 3.69. The Morgan fingerprint density at radius 3 is 2.72 bits per heavy atom. The largest absolute Gasteiger partial charge is 0.329 e. The first kappa shape index (κ1) is 16.3. The molecule has 1 aromatic rings. The Hall–Kier alpha value is 0.200. The molecule has 0 saturated heterocycles. The third-order valence-electron chi connectivity index (χ3n) is 3.40. The molecule has 1 saturated carbocycles. The van der Waals surface area contributed by atoms with Gasteiger partial charge in [0.1, 0.15) is 0 Å². The zero-order chi connectivity index (χ0) is 12.4. The Balaban J connectivity index is 0.00000162. The lowest BCUT2D eigenvalue weighted by Crippen LogP contribution is -2.39. The number of rotatable bonds is 5. The molecule has 2 N–H and O–H groups in total. The standard InChI is InChI=1S/C13H18BrClN2.ClH/c1-17(13(7-16)9-2-3-9)8-10-6-11(14)4-5-12(10)15;/h4-6,9,13H,2-3,7-8,16H2,1H3;1H. The average Bonchev–Trinajstić information content (AvgIpc) is 3.09. The zero-order valence-corrected chi connectivity index (χ0v) is 13.6. The molecule has 1 aromatic carbocycles. The van der Waals surface area contributed by atoms with E-state index in [2.05, 4.69) is 33.9 Å². The van der Waals surface area contributed by atoms with Gasteiger partial charge in [0.2, 0.25) is 0 Å². The van der Waals surface area contributed by atoms with Gasteiger partial charge >= 0.3 is 0 Å². The van der Waals surface area contributed by atoms with Crippen LogP contribution in [0.15, 0.2) is 22.7 Å². The molecule has 1 fully saturated rings. The van der Waals surface area contributed by atoms with Gasteiger partial charge in [-0.15, -0.1) is 12.4 Å². The molecule has 0 aliphatic heterocycles. The summed E-state index contributed by atoms with van der Waals surface area (Å²) in [5, 5.41) is 0.826. The molecule has 0 heterocycles. The normalized spacial score (nSPS) is 16.5. The summed E-state index contributed by atoms with van der Waals surface area (Å²) in [7, 11) is 2.13. The highest BCUT2D eigenvalue weighted by Crippen LogP contribution is 2.35. The molecule has 1 aliphatic rings. The smallest absolute Gasteiger partial charge is 0.0451 e. The minimum Gasteiger partial charge on any atom is -0.329 e. The van der Waals surface area contributed by atoms with Crippen LogP contribution in [-0.4, -0.2) is 24.5 Å². The second kappa shape index (κ2) is 7.11. The monoisotopic (exact) mass is 352 g/mol. The Bertz CT molecular complexity index is 397. The second-order valence-corrected chi connectivity index (χ2v) is 6.11. The van der Waals surface area contributed by atoms with Gasteiger partial charge in [-0.3, -0.25) is 4.90 Å². The lowest BCUT2D eigenvalue weighted by atomic mass is 10.1. The molecule has 2 nitrogen and oxygen atoms in total. The number of nitrogens with two attached hydrogens (primary N) is 1. The Labute approximate surface area is 128 Å². The lowest BCUT2D eigenvalue weighted by molar-refractivity contribution is 0.215. The van der Waals surface area contributed by atoms with E-state index in [-0.39, 0.29) is 12.4 Å². The summed E-state index contributed by atoms with van der Waals surface area (Å²) >= 11 is 9.68. The van der Waals surface area contributed by atoms with Crippen LogP contribution < -0.4 is 5.73 Å². The number of hydrogen-bond donors (Lipinski definition) is 1. The molecule has 1 atom stereocenters. The third-order valence-corrected chi connectivity index (χ3v) is 4.26. The van der Waals surface area contributed by atoms with Crippen LogP contribution in [0.2, 0.25) is 5.02 Å². The van der Waals surface area contributed by atoms with Gasteiger partial charge in [0.15, 0.2) is 0 Å². The van der Waals surface area contributed by atoms with Crippen molar-refractivity contribution in [3.8, 4) is 0 Å².